The van der Waals surface area contributed by atoms with Crippen LogP contribution in [-0.2, 0) is 19.1 Å². The van der Waals surface area contributed by atoms with Crippen molar-refractivity contribution >= 4 is 11.9 Å². The van der Waals surface area contributed by atoms with Crippen LogP contribution < -0.4 is 0 Å². The maximum Gasteiger partial charge on any atom is 0.308 e. The number of hydrogen-bond donors (Lipinski definition) is 1. The van der Waals surface area contributed by atoms with Crippen LogP contribution in [0.5, 0.6) is 0 Å². The molecule has 5 heteroatoms. The summed E-state index contributed by atoms with van der Waals surface area (Å²) in [6.07, 6.45) is 27.3. The summed E-state index contributed by atoms with van der Waals surface area (Å²) in [5.74, 6) is -0.782. The fraction of sp³-hybridized carbons (Fsp3) is 0.944. The number of rotatable bonds is 31. The SMILES string of the molecule is CCCCCCCCC(CCCCCC)C(=O)OCC(CO)COC(=O)C(CCCCCC)CCCCCCCC. The molecule has 41 heavy (non-hydrogen) atoms. The Morgan fingerprint density at radius 2 is 0.732 bits per heavy atom. The third kappa shape index (κ3) is 24.1. The topological polar surface area (TPSA) is 72.8 Å². The zero-order valence-electron chi connectivity index (χ0n) is 27.9. The third-order valence-corrected chi connectivity index (χ3v) is 8.47. The molecule has 0 saturated carbocycles. The standard InChI is InChI=1S/C36H70O5/c1-5-9-13-17-19-23-27-33(25-21-15-11-7-3)35(38)40-30-32(29-37)31-41-36(39)34(26-22-16-12-8-4)28-24-20-18-14-10-6-2/h32-34,37H,5-31H2,1-4H3. The van der Waals surface area contributed by atoms with Crippen LogP contribution in [0.1, 0.15) is 182 Å². The molecule has 0 fully saturated rings. The van der Waals surface area contributed by atoms with Gasteiger partial charge in [0.2, 0.25) is 0 Å². The van der Waals surface area contributed by atoms with Gasteiger partial charge in [0.1, 0.15) is 0 Å². The van der Waals surface area contributed by atoms with Gasteiger partial charge < -0.3 is 14.6 Å². The molecule has 0 spiro atoms. The van der Waals surface area contributed by atoms with Crippen LogP contribution in [0.3, 0.4) is 0 Å². The molecule has 0 saturated heterocycles. The van der Waals surface area contributed by atoms with E-state index in [0.29, 0.717) is 0 Å². The quantitative estimate of drug-likeness (QED) is 0.0650. The lowest BCUT2D eigenvalue weighted by Gasteiger charge is -2.21. The van der Waals surface area contributed by atoms with Gasteiger partial charge in [-0.2, -0.15) is 0 Å². The smallest absolute Gasteiger partial charge is 0.308 e. The molecular weight excluding hydrogens is 512 g/mol. The summed E-state index contributed by atoms with van der Waals surface area (Å²) in [6.45, 7) is 8.93. The maximum atomic E-state index is 13.0. The highest BCUT2D eigenvalue weighted by Gasteiger charge is 2.24. The number of carbonyl (C=O) groups excluding carboxylic acids is 2. The van der Waals surface area contributed by atoms with Gasteiger partial charge in [0.25, 0.3) is 0 Å². The van der Waals surface area contributed by atoms with Crippen molar-refractivity contribution in [1.82, 2.24) is 0 Å². The summed E-state index contributed by atoms with van der Waals surface area (Å²) in [4.78, 5) is 26.0. The number of aliphatic hydroxyl groups excluding tert-OH is 1. The predicted octanol–water partition coefficient (Wildman–Crippen LogP) is 10.4. The maximum absolute atomic E-state index is 13.0. The molecule has 0 aromatic heterocycles. The van der Waals surface area contributed by atoms with Gasteiger partial charge in [0.15, 0.2) is 0 Å². The van der Waals surface area contributed by atoms with E-state index < -0.39 is 0 Å². The summed E-state index contributed by atoms with van der Waals surface area (Å²) in [5, 5.41) is 9.94. The lowest BCUT2D eigenvalue weighted by Crippen LogP contribution is -2.28. The lowest BCUT2D eigenvalue weighted by atomic mass is 9.94. The molecule has 2 unspecified atom stereocenters. The molecule has 5 nitrogen and oxygen atoms in total. The first-order valence-corrected chi connectivity index (χ1v) is 18.0. The minimum Gasteiger partial charge on any atom is -0.465 e. The fourth-order valence-corrected chi connectivity index (χ4v) is 5.53. The Labute approximate surface area is 255 Å². The molecule has 0 heterocycles. The molecule has 0 aromatic carbocycles. The fourth-order valence-electron chi connectivity index (χ4n) is 5.53. The highest BCUT2D eigenvalue weighted by Crippen LogP contribution is 2.22. The van der Waals surface area contributed by atoms with Gasteiger partial charge in [-0.25, -0.2) is 0 Å². The van der Waals surface area contributed by atoms with Crippen LogP contribution in [0.25, 0.3) is 0 Å². The average Bonchev–Trinajstić information content (AvgIpc) is 2.98. The van der Waals surface area contributed by atoms with E-state index in [1.807, 2.05) is 0 Å². The summed E-state index contributed by atoms with van der Waals surface area (Å²) in [5.41, 5.74) is 0. The Morgan fingerprint density at radius 3 is 1.02 bits per heavy atom. The van der Waals surface area contributed by atoms with Crippen molar-refractivity contribution in [3.63, 3.8) is 0 Å². The van der Waals surface area contributed by atoms with Gasteiger partial charge >= 0.3 is 11.9 Å². The van der Waals surface area contributed by atoms with Crippen molar-refractivity contribution in [2.24, 2.45) is 17.8 Å². The molecule has 0 radical (unpaired) electrons. The summed E-state index contributed by atoms with van der Waals surface area (Å²) in [6, 6.07) is 0. The number of hydrogen-bond acceptors (Lipinski definition) is 5. The van der Waals surface area contributed by atoms with E-state index in [2.05, 4.69) is 27.7 Å². The first-order valence-electron chi connectivity index (χ1n) is 18.0. The molecule has 0 bridgehead atoms. The monoisotopic (exact) mass is 583 g/mol. The van der Waals surface area contributed by atoms with E-state index in [4.69, 9.17) is 9.47 Å². The van der Waals surface area contributed by atoms with Crippen LogP contribution in [0.15, 0.2) is 0 Å². The molecule has 0 aliphatic carbocycles. The minimum atomic E-state index is -0.368. The van der Waals surface area contributed by atoms with E-state index in [9.17, 15) is 14.7 Å². The van der Waals surface area contributed by atoms with Gasteiger partial charge in [-0.15, -0.1) is 0 Å². The molecule has 0 aliphatic heterocycles. The highest BCUT2D eigenvalue weighted by atomic mass is 16.5. The zero-order valence-corrected chi connectivity index (χ0v) is 27.9. The number of ether oxygens (including phenoxy) is 2. The molecular formula is C36H70O5. The Kier molecular flexibility index (Phi) is 29.5. The van der Waals surface area contributed by atoms with Crippen LogP contribution in [-0.4, -0.2) is 36.9 Å². The second-order valence-corrected chi connectivity index (χ2v) is 12.5. The normalized spacial score (nSPS) is 13.6. The Hall–Kier alpha value is -1.10. The van der Waals surface area contributed by atoms with Crippen molar-refractivity contribution in [2.45, 2.75) is 182 Å². The van der Waals surface area contributed by atoms with Gasteiger partial charge in [-0.1, -0.05) is 156 Å². The summed E-state index contributed by atoms with van der Waals surface area (Å²) in [7, 11) is 0. The van der Waals surface area contributed by atoms with Crippen LogP contribution in [0.4, 0.5) is 0 Å². The van der Waals surface area contributed by atoms with Gasteiger partial charge in [0.05, 0.1) is 37.6 Å². The van der Waals surface area contributed by atoms with E-state index in [1.165, 1.54) is 89.9 Å². The Bertz CT molecular complexity index is 530. The van der Waals surface area contributed by atoms with E-state index in [1.54, 1.807) is 0 Å². The van der Waals surface area contributed by atoms with E-state index >= 15 is 0 Å². The Balaban J connectivity index is 4.73. The predicted molar refractivity (Wildman–Crippen MR) is 173 cm³/mol. The third-order valence-electron chi connectivity index (χ3n) is 8.47. The average molecular weight is 583 g/mol. The highest BCUT2D eigenvalue weighted by molar-refractivity contribution is 5.73. The van der Waals surface area contributed by atoms with Crippen LogP contribution >= 0.6 is 0 Å². The summed E-state index contributed by atoms with van der Waals surface area (Å²) >= 11 is 0. The zero-order chi connectivity index (χ0) is 30.4. The van der Waals surface area contributed by atoms with Crippen LogP contribution in [0, 0.1) is 17.8 Å². The van der Waals surface area contributed by atoms with Crippen molar-refractivity contribution in [3.8, 4) is 0 Å². The van der Waals surface area contributed by atoms with Crippen molar-refractivity contribution in [3.05, 3.63) is 0 Å². The molecule has 1 N–H and O–H groups in total. The van der Waals surface area contributed by atoms with Crippen molar-refractivity contribution in [1.29, 1.82) is 0 Å². The molecule has 0 aliphatic rings. The van der Waals surface area contributed by atoms with Crippen LogP contribution in [0.2, 0.25) is 0 Å². The molecule has 0 aromatic rings. The van der Waals surface area contributed by atoms with E-state index in [0.717, 1.165) is 64.2 Å². The van der Waals surface area contributed by atoms with Gasteiger partial charge in [-0.3, -0.25) is 9.59 Å². The number of unbranched alkanes of at least 4 members (excludes halogenated alkanes) is 16. The number of esters is 2. The summed E-state index contributed by atoms with van der Waals surface area (Å²) < 4.78 is 11.4. The van der Waals surface area contributed by atoms with Gasteiger partial charge in [-0.05, 0) is 25.7 Å². The van der Waals surface area contributed by atoms with Crippen molar-refractivity contribution < 1.29 is 24.2 Å². The second kappa shape index (κ2) is 30.4. The Morgan fingerprint density at radius 1 is 0.463 bits per heavy atom. The van der Waals surface area contributed by atoms with E-state index in [-0.39, 0.29) is 49.5 Å². The molecule has 0 rings (SSSR count). The molecule has 244 valence electrons. The first kappa shape index (κ1) is 39.9. The lowest BCUT2D eigenvalue weighted by molar-refractivity contribution is -0.155. The van der Waals surface area contributed by atoms with Crippen molar-refractivity contribution in [2.75, 3.05) is 19.8 Å². The number of carbonyl (C=O) groups is 2. The first-order chi connectivity index (χ1) is 20.0. The minimum absolute atomic E-state index is 0.0650. The molecule has 2 atom stereocenters. The van der Waals surface area contributed by atoms with Gasteiger partial charge in [0, 0.05) is 0 Å². The largest absolute Gasteiger partial charge is 0.465 e. The molecule has 0 amide bonds. The second-order valence-electron chi connectivity index (χ2n) is 12.5. The number of aliphatic hydroxyl groups is 1.